The van der Waals surface area contributed by atoms with E-state index in [1.165, 1.54) is 29.6 Å². The van der Waals surface area contributed by atoms with Gasteiger partial charge in [-0.05, 0) is 91.9 Å². The molecule has 4 rings (SSSR count). The van der Waals surface area contributed by atoms with Crippen molar-refractivity contribution in [2.24, 2.45) is 0 Å². The Kier molecular flexibility index (Phi) is 6.30. The molecule has 0 unspecified atom stereocenters. The van der Waals surface area contributed by atoms with Crippen molar-refractivity contribution >= 4 is 31.4 Å². The minimum absolute atomic E-state index is 0.00777. The van der Waals surface area contributed by atoms with Gasteiger partial charge in [-0.3, -0.25) is 9.03 Å². The van der Waals surface area contributed by atoms with Gasteiger partial charge in [0.1, 0.15) is 16.5 Å². The molecule has 1 heterocycles. The Balaban J connectivity index is 1.72. The van der Waals surface area contributed by atoms with Crippen LogP contribution in [0.15, 0.2) is 64.4 Å². The molecule has 7 nitrogen and oxygen atoms in total. The van der Waals surface area contributed by atoms with E-state index in [9.17, 15) is 21.2 Å². The van der Waals surface area contributed by atoms with Crippen molar-refractivity contribution in [1.29, 1.82) is 0 Å². The van der Waals surface area contributed by atoms with E-state index < -0.39 is 25.9 Å². The summed E-state index contributed by atoms with van der Waals surface area (Å²) in [6.07, 6.45) is 1.27. The zero-order valence-electron chi connectivity index (χ0n) is 19.0. The smallest absolute Gasteiger partial charge is 0.265 e. The second-order valence-corrected chi connectivity index (χ2v) is 11.7. The van der Waals surface area contributed by atoms with Gasteiger partial charge in [0.15, 0.2) is 0 Å². The standard InChI is InChI=1S/C24H25FN2O5S2/c1-16-13-23(32-3)24(14-17(16)2)33(28,29)26-20-9-6-18-5-4-12-27(22(18)15-20)34(30,31)21-10-7-19(25)8-11-21/h6-11,13-15,26H,4-5,12H2,1-3H3. The molecule has 0 aromatic heterocycles. The van der Waals surface area contributed by atoms with Crippen molar-refractivity contribution in [3.05, 3.63) is 77.1 Å². The van der Waals surface area contributed by atoms with Gasteiger partial charge in [0.2, 0.25) is 0 Å². The third-order valence-corrected chi connectivity index (χ3v) is 9.11. The Labute approximate surface area is 199 Å². The molecule has 0 atom stereocenters. The highest BCUT2D eigenvalue weighted by atomic mass is 32.2. The van der Waals surface area contributed by atoms with Crippen molar-refractivity contribution in [2.45, 2.75) is 36.5 Å². The lowest BCUT2D eigenvalue weighted by Gasteiger charge is -2.31. The summed E-state index contributed by atoms with van der Waals surface area (Å²) in [5.74, 6) is -0.314. The lowest BCUT2D eigenvalue weighted by atomic mass is 10.0. The van der Waals surface area contributed by atoms with Crippen LogP contribution >= 0.6 is 0 Å². The maximum atomic E-state index is 13.3. The van der Waals surface area contributed by atoms with Crippen LogP contribution in [0.1, 0.15) is 23.1 Å². The molecule has 1 aliphatic heterocycles. The number of nitrogens with one attached hydrogen (secondary N) is 1. The van der Waals surface area contributed by atoms with Crippen LogP contribution in [0.4, 0.5) is 15.8 Å². The van der Waals surface area contributed by atoms with Gasteiger partial charge in [-0.2, -0.15) is 0 Å². The van der Waals surface area contributed by atoms with E-state index >= 15 is 0 Å². The molecule has 1 aliphatic rings. The van der Waals surface area contributed by atoms with Gasteiger partial charge in [0.05, 0.1) is 23.4 Å². The molecule has 0 saturated carbocycles. The average Bonchev–Trinajstić information content (AvgIpc) is 2.80. The second-order valence-electron chi connectivity index (χ2n) is 8.17. The van der Waals surface area contributed by atoms with Crippen molar-refractivity contribution < 1.29 is 26.0 Å². The zero-order chi connectivity index (χ0) is 24.7. The summed E-state index contributed by atoms with van der Waals surface area (Å²) >= 11 is 0. The first-order valence-corrected chi connectivity index (χ1v) is 13.5. The Morgan fingerprint density at radius 3 is 2.29 bits per heavy atom. The fourth-order valence-corrected chi connectivity index (χ4v) is 6.75. The van der Waals surface area contributed by atoms with Gasteiger partial charge in [-0.25, -0.2) is 21.2 Å². The Hall–Kier alpha value is -3.11. The maximum absolute atomic E-state index is 13.3. The number of nitrogens with zero attached hydrogens (tertiary/aromatic N) is 1. The number of rotatable bonds is 6. The van der Waals surface area contributed by atoms with E-state index in [-0.39, 0.29) is 27.8 Å². The van der Waals surface area contributed by atoms with Gasteiger partial charge in [-0.15, -0.1) is 0 Å². The van der Waals surface area contributed by atoms with Crippen LogP contribution in [-0.2, 0) is 26.5 Å². The molecule has 0 fully saturated rings. The Bertz CT molecular complexity index is 1450. The molecule has 0 saturated heterocycles. The highest BCUT2D eigenvalue weighted by Gasteiger charge is 2.30. The highest BCUT2D eigenvalue weighted by Crippen LogP contribution is 2.35. The number of benzene rings is 3. The van der Waals surface area contributed by atoms with E-state index in [4.69, 9.17) is 4.74 Å². The summed E-state index contributed by atoms with van der Waals surface area (Å²) in [6.45, 7) is 3.90. The molecule has 0 spiro atoms. The lowest BCUT2D eigenvalue weighted by molar-refractivity contribution is 0.402. The number of hydrogen-bond acceptors (Lipinski definition) is 5. The van der Waals surface area contributed by atoms with Crippen molar-refractivity contribution in [2.75, 3.05) is 22.7 Å². The quantitative estimate of drug-likeness (QED) is 0.537. The summed E-state index contributed by atoms with van der Waals surface area (Å²) in [6, 6.07) is 12.7. The number of sulfonamides is 2. The van der Waals surface area contributed by atoms with Gasteiger partial charge >= 0.3 is 0 Å². The molecule has 0 radical (unpaired) electrons. The summed E-state index contributed by atoms with van der Waals surface area (Å²) in [5.41, 5.74) is 3.08. The summed E-state index contributed by atoms with van der Waals surface area (Å²) in [5, 5.41) is 0. The second kappa shape index (κ2) is 8.92. The molecule has 10 heteroatoms. The minimum atomic E-state index is -4.02. The topological polar surface area (TPSA) is 92.8 Å². The van der Waals surface area contributed by atoms with Crippen LogP contribution in [-0.4, -0.2) is 30.5 Å². The van der Waals surface area contributed by atoms with Gasteiger partial charge in [0.25, 0.3) is 20.0 Å². The fourth-order valence-electron chi connectivity index (χ4n) is 3.93. The number of methoxy groups -OCH3 is 1. The Morgan fingerprint density at radius 2 is 1.62 bits per heavy atom. The molecule has 1 N–H and O–H groups in total. The van der Waals surface area contributed by atoms with Crippen molar-refractivity contribution in [3.63, 3.8) is 0 Å². The van der Waals surface area contributed by atoms with Crippen LogP contribution < -0.4 is 13.8 Å². The SMILES string of the molecule is COc1cc(C)c(C)cc1S(=O)(=O)Nc1ccc2c(c1)N(S(=O)(=O)c1ccc(F)cc1)CCC2. The number of hydrogen-bond donors (Lipinski definition) is 1. The average molecular weight is 505 g/mol. The van der Waals surface area contributed by atoms with Gasteiger partial charge in [-0.1, -0.05) is 6.07 Å². The first-order chi connectivity index (χ1) is 16.0. The monoisotopic (exact) mass is 504 g/mol. The zero-order valence-corrected chi connectivity index (χ0v) is 20.6. The van der Waals surface area contributed by atoms with Crippen molar-refractivity contribution in [1.82, 2.24) is 0 Å². The number of ether oxygens (including phenoxy) is 1. The molecule has 180 valence electrons. The van der Waals surface area contributed by atoms with Gasteiger partial charge in [0, 0.05) is 6.54 Å². The minimum Gasteiger partial charge on any atom is -0.495 e. The van der Waals surface area contributed by atoms with Crippen LogP contribution in [0, 0.1) is 19.7 Å². The molecule has 34 heavy (non-hydrogen) atoms. The fraction of sp³-hybridized carbons (Fsp3) is 0.250. The normalized spacial score (nSPS) is 13.9. The maximum Gasteiger partial charge on any atom is 0.265 e. The van der Waals surface area contributed by atoms with E-state index in [0.717, 1.165) is 28.8 Å². The lowest BCUT2D eigenvalue weighted by Crippen LogP contribution is -2.35. The van der Waals surface area contributed by atoms with E-state index in [1.54, 1.807) is 24.3 Å². The third kappa shape index (κ3) is 4.47. The number of halogens is 1. The largest absolute Gasteiger partial charge is 0.495 e. The number of anilines is 2. The van der Waals surface area contributed by atoms with Crippen LogP contribution in [0.3, 0.4) is 0 Å². The molecule has 0 amide bonds. The van der Waals surface area contributed by atoms with E-state index in [0.29, 0.717) is 18.5 Å². The number of aryl methyl sites for hydroxylation is 3. The molecule has 3 aromatic carbocycles. The molecule has 0 bridgehead atoms. The summed E-state index contributed by atoms with van der Waals surface area (Å²) in [7, 11) is -6.57. The van der Waals surface area contributed by atoms with Crippen molar-refractivity contribution in [3.8, 4) is 5.75 Å². The summed E-state index contributed by atoms with van der Waals surface area (Å²) < 4.78 is 75.3. The predicted molar refractivity (Wildman–Crippen MR) is 129 cm³/mol. The van der Waals surface area contributed by atoms with E-state index in [1.807, 2.05) is 13.8 Å². The third-order valence-electron chi connectivity index (χ3n) is 5.88. The predicted octanol–water partition coefficient (Wildman–Crippen LogP) is 4.39. The molecule has 0 aliphatic carbocycles. The van der Waals surface area contributed by atoms with E-state index in [2.05, 4.69) is 4.72 Å². The molecular weight excluding hydrogens is 479 g/mol. The first kappa shape index (κ1) is 24.0. The Morgan fingerprint density at radius 1 is 0.941 bits per heavy atom. The van der Waals surface area contributed by atoms with Crippen LogP contribution in [0.2, 0.25) is 0 Å². The summed E-state index contributed by atoms with van der Waals surface area (Å²) in [4.78, 5) is -0.0424. The number of fused-ring (bicyclic) bond motifs is 1. The first-order valence-electron chi connectivity index (χ1n) is 10.6. The van der Waals surface area contributed by atoms with Gasteiger partial charge < -0.3 is 4.74 Å². The van der Waals surface area contributed by atoms with Crippen LogP contribution in [0.25, 0.3) is 0 Å². The molecular formula is C24H25FN2O5S2. The molecule has 3 aromatic rings. The van der Waals surface area contributed by atoms with Crippen LogP contribution in [0.5, 0.6) is 5.75 Å². The highest BCUT2D eigenvalue weighted by molar-refractivity contribution is 7.93.